The molecule has 1 aliphatic rings. The first-order valence-electron chi connectivity index (χ1n) is 11.0. The summed E-state index contributed by atoms with van der Waals surface area (Å²) in [6.07, 6.45) is 1.36. The van der Waals surface area contributed by atoms with Crippen LogP contribution in [-0.4, -0.2) is 43.4 Å². The fourth-order valence-electron chi connectivity index (χ4n) is 4.16. The van der Waals surface area contributed by atoms with Crippen LogP contribution in [0.25, 0.3) is 11.0 Å². The van der Waals surface area contributed by atoms with Gasteiger partial charge in [0.05, 0.1) is 18.1 Å². The van der Waals surface area contributed by atoms with Crippen molar-refractivity contribution in [3.05, 3.63) is 64.9 Å². The molecule has 1 saturated heterocycles. The van der Waals surface area contributed by atoms with E-state index >= 15 is 0 Å². The molecule has 1 aliphatic heterocycles. The smallest absolute Gasteiger partial charge is 0.290 e. The molecule has 1 atom stereocenters. The van der Waals surface area contributed by atoms with Crippen molar-refractivity contribution in [2.75, 3.05) is 18.1 Å². The van der Waals surface area contributed by atoms with Gasteiger partial charge in [-0.1, -0.05) is 31.2 Å². The largest absolute Gasteiger partial charge is 0.494 e. The molecule has 32 heavy (non-hydrogen) atoms. The third-order valence-corrected chi connectivity index (χ3v) is 7.70. The molecular weight excluding hydrogens is 426 g/mol. The summed E-state index contributed by atoms with van der Waals surface area (Å²) in [5.74, 6) is 0.862. The first-order valence-corrected chi connectivity index (χ1v) is 12.8. The van der Waals surface area contributed by atoms with Crippen molar-refractivity contribution in [2.45, 2.75) is 46.2 Å². The Kier molecular flexibility index (Phi) is 6.29. The van der Waals surface area contributed by atoms with Gasteiger partial charge in [-0.05, 0) is 56.0 Å². The third-order valence-electron chi connectivity index (χ3n) is 5.95. The Morgan fingerprint density at radius 3 is 2.56 bits per heavy atom. The molecular formula is C25H29NO5S. The molecule has 0 saturated carbocycles. The van der Waals surface area contributed by atoms with E-state index in [4.69, 9.17) is 9.15 Å². The first kappa shape index (κ1) is 22.4. The zero-order chi connectivity index (χ0) is 22.9. The topological polar surface area (TPSA) is 76.8 Å². The van der Waals surface area contributed by atoms with Gasteiger partial charge in [-0.2, -0.15) is 0 Å². The molecule has 4 rings (SSSR count). The van der Waals surface area contributed by atoms with Gasteiger partial charge in [0.2, 0.25) is 0 Å². The zero-order valence-electron chi connectivity index (χ0n) is 18.8. The predicted molar refractivity (Wildman–Crippen MR) is 125 cm³/mol. The Balaban J connectivity index is 1.65. The highest BCUT2D eigenvalue weighted by atomic mass is 32.2. The molecule has 0 N–H and O–H groups in total. The average molecular weight is 456 g/mol. The molecule has 2 heterocycles. The van der Waals surface area contributed by atoms with Crippen LogP contribution in [-0.2, 0) is 16.4 Å². The maximum absolute atomic E-state index is 13.6. The van der Waals surface area contributed by atoms with Crippen LogP contribution >= 0.6 is 0 Å². The first-order chi connectivity index (χ1) is 15.3. The summed E-state index contributed by atoms with van der Waals surface area (Å²) < 4.78 is 36.0. The van der Waals surface area contributed by atoms with E-state index in [0.717, 1.165) is 34.2 Å². The second kappa shape index (κ2) is 8.98. The summed E-state index contributed by atoms with van der Waals surface area (Å²) in [4.78, 5) is 15.3. The zero-order valence-corrected chi connectivity index (χ0v) is 19.6. The molecule has 1 aromatic heterocycles. The van der Waals surface area contributed by atoms with Gasteiger partial charge in [0.15, 0.2) is 15.6 Å². The van der Waals surface area contributed by atoms with Gasteiger partial charge in [0.1, 0.15) is 11.3 Å². The minimum atomic E-state index is -3.15. The number of benzene rings is 2. The Bertz CT molecular complexity index is 1230. The summed E-state index contributed by atoms with van der Waals surface area (Å²) in [7, 11) is -3.15. The standard InChI is InChI=1S/C25H29NO5S/c1-4-12-30-21-8-6-19(7-9-21)15-26(20-11-13-32(28,29)16-20)25(27)24-18(3)22-10-5-17(2)14-23(22)31-24/h5-10,14,20H,4,11-13,15-16H2,1-3H3. The van der Waals surface area contributed by atoms with Gasteiger partial charge < -0.3 is 14.1 Å². The summed E-state index contributed by atoms with van der Waals surface area (Å²) in [6, 6.07) is 13.1. The second-order valence-electron chi connectivity index (χ2n) is 8.54. The molecule has 0 aliphatic carbocycles. The van der Waals surface area contributed by atoms with Crippen LogP contribution in [0.5, 0.6) is 5.75 Å². The van der Waals surface area contributed by atoms with E-state index in [-0.39, 0.29) is 29.2 Å². The molecule has 1 fully saturated rings. The van der Waals surface area contributed by atoms with Crippen molar-refractivity contribution in [3.8, 4) is 5.75 Å². The molecule has 0 bridgehead atoms. The minimum absolute atomic E-state index is 0.0190. The Morgan fingerprint density at radius 1 is 1.16 bits per heavy atom. The molecule has 2 aromatic carbocycles. The van der Waals surface area contributed by atoms with Crippen molar-refractivity contribution in [2.24, 2.45) is 0 Å². The van der Waals surface area contributed by atoms with Crippen LogP contribution in [0, 0.1) is 13.8 Å². The molecule has 7 heteroatoms. The number of carbonyl (C=O) groups is 1. The maximum atomic E-state index is 13.6. The predicted octanol–water partition coefficient (Wildman–Crippen LogP) is 4.67. The number of rotatable bonds is 7. The molecule has 0 spiro atoms. The normalized spacial score (nSPS) is 17.5. The van der Waals surface area contributed by atoms with Crippen LogP contribution < -0.4 is 4.74 Å². The van der Waals surface area contributed by atoms with Gasteiger partial charge in [-0.15, -0.1) is 0 Å². The fraction of sp³-hybridized carbons (Fsp3) is 0.400. The highest BCUT2D eigenvalue weighted by Gasteiger charge is 2.36. The number of furan rings is 1. The minimum Gasteiger partial charge on any atom is -0.494 e. The number of hydrogen-bond donors (Lipinski definition) is 0. The van der Waals surface area contributed by atoms with Gasteiger partial charge in [-0.3, -0.25) is 4.79 Å². The highest BCUT2D eigenvalue weighted by molar-refractivity contribution is 7.91. The van der Waals surface area contributed by atoms with Crippen molar-refractivity contribution in [3.63, 3.8) is 0 Å². The SMILES string of the molecule is CCCOc1ccc(CN(C(=O)c2oc3cc(C)ccc3c2C)C2CCS(=O)(=O)C2)cc1. The maximum Gasteiger partial charge on any atom is 0.290 e. The molecule has 1 amide bonds. The molecule has 0 radical (unpaired) electrons. The Labute approximate surface area is 189 Å². The summed E-state index contributed by atoms with van der Waals surface area (Å²) in [5.41, 5.74) is 3.41. The van der Waals surface area contributed by atoms with Crippen LogP contribution in [0.15, 0.2) is 46.9 Å². The van der Waals surface area contributed by atoms with E-state index in [1.54, 1.807) is 4.90 Å². The van der Waals surface area contributed by atoms with Crippen LogP contribution in [0.4, 0.5) is 0 Å². The molecule has 6 nitrogen and oxygen atoms in total. The van der Waals surface area contributed by atoms with E-state index in [1.165, 1.54) is 0 Å². The lowest BCUT2D eigenvalue weighted by Gasteiger charge is -2.28. The number of nitrogens with zero attached hydrogens (tertiary/aromatic N) is 1. The van der Waals surface area contributed by atoms with Gasteiger partial charge in [-0.25, -0.2) is 8.42 Å². The second-order valence-corrected chi connectivity index (χ2v) is 10.8. The van der Waals surface area contributed by atoms with Crippen LogP contribution in [0.3, 0.4) is 0 Å². The number of aryl methyl sites for hydroxylation is 2. The van der Waals surface area contributed by atoms with Crippen LogP contribution in [0.2, 0.25) is 0 Å². The van der Waals surface area contributed by atoms with Crippen molar-refractivity contribution < 1.29 is 22.4 Å². The lowest BCUT2D eigenvalue weighted by Crippen LogP contribution is -2.40. The lowest BCUT2D eigenvalue weighted by atomic mass is 10.1. The van der Waals surface area contributed by atoms with E-state index in [1.807, 2.05) is 56.3 Å². The van der Waals surface area contributed by atoms with Crippen molar-refractivity contribution in [1.82, 2.24) is 4.90 Å². The van der Waals surface area contributed by atoms with Crippen LogP contribution in [0.1, 0.15) is 47.0 Å². The average Bonchev–Trinajstić information content (AvgIpc) is 3.29. The Morgan fingerprint density at radius 2 is 1.91 bits per heavy atom. The van der Waals surface area contributed by atoms with Gasteiger partial charge >= 0.3 is 0 Å². The summed E-state index contributed by atoms with van der Waals surface area (Å²) in [6.45, 7) is 6.85. The number of carbonyl (C=O) groups excluding carboxylic acids is 1. The lowest BCUT2D eigenvalue weighted by molar-refractivity contribution is 0.0649. The number of amides is 1. The third kappa shape index (κ3) is 4.67. The van der Waals surface area contributed by atoms with E-state index in [2.05, 4.69) is 6.92 Å². The number of hydrogen-bond acceptors (Lipinski definition) is 5. The summed E-state index contributed by atoms with van der Waals surface area (Å²) in [5, 5.41) is 0.898. The highest BCUT2D eigenvalue weighted by Crippen LogP contribution is 2.30. The molecule has 3 aromatic rings. The summed E-state index contributed by atoms with van der Waals surface area (Å²) >= 11 is 0. The molecule has 170 valence electrons. The Hall–Kier alpha value is -2.80. The van der Waals surface area contributed by atoms with E-state index < -0.39 is 9.84 Å². The number of sulfone groups is 1. The fourth-order valence-corrected chi connectivity index (χ4v) is 5.89. The van der Waals surface area contributed by atoms with Gasteiger partial charge in [0.25, 0.3) is 5.91 Å². The number of ether oxygens (including phenoxy) is 1. The quantitative estimate of drug-likeness (QED) is 0.518. The van der Waals surface area contributed by atoms with Crippen molar-refractivity contribution in [1.29, 1.82) is 0 Å². The van der Waals surface area contributed by atoms with E-state index in [9.17, 15) is 13.2 Å². The molecule has 1 unspecified atom stereocenters. The number of fused-ring (bicyclic) bond motifs is 1. The van der Waals surface area contributed by atoms with Crippen molar-refractivity contribution >= 4 is 26.7 Å². The monoisotopic (exact) mass is 455 g/mol. The van der Waals surface area contributed by atoms with E-state index in [0.29, 0.717) is 25.2 Å². The van der Waals surface area contributed by atoms with Gasteiger partial charge in [0, 0.05) is 23.5 Å².